The molecule has 1 aliphatic carbocycles. The number of pyridine rings is 1. The zero-order valence-electron chi connectivity index (χ0n) is 18.7. The highest BCUT2D eigenvalue weighted by Crippen LogP contribution is 2.62. The standard InChI is InChI=1S/C24H19F2N5O4.ClH/c1-27-24(16-9-28-10-17(16)24)20-3-2-13(8-29-20)22-18(25)6-14(7-19(22)26)31-11-15(35-23(31)32)12-33-21-4-5-34-30-21;/h2-8,15-17,28H,9-12H2;1H/t15-,16-,17+,24?;/m1./s1. The van der Waals surface area contributed by atoms with Crippen molar-refractivity contribution < 1.29 is 27.6 Å². The SMILES string of the molecule is Cl.[C-]#[N+]C1(c2ccc(-c3c(F)cc(N4C[C@H](COc5ccon5)OC4=O)cc3F)cn2)[C@@H]2CNC[C@@H]21. The first kappa shape index (κ1) is 24.0. The van der Waals surface area contributed by atoms with Crippen LogP contribution >= 0.6 is 12.4 Å². The number of amides is 1. The minimum Gasteiger partial charge on any atom is -0.471 e. The molecule has 1 saturated carbocycles. The Balaban J connectivity index is 0.00000267. The Morgan fingerprint density at radius 2 is 1.97 bits per heavy atom. The molecule has 6 rings (SSSR count). The van der Waals surface area contributed by atoms with Gasteiger partial charge in [0.25, 0.3) is 11.4 Å². The summed E-state index contributed by atoms with van der Waals surface area (Å²) >= 11 is 0. The zero-order valence-corrected chi connectivity index (χ0v) is 19.5. The molecule has 36 heavy (non-hydrogen) atoms. The van der Waals surface area contributed by atoms with Crippen molar-refractivity contribution in [1.82, 2.24) is 15.5 Å². The molecule has 186 valence electrons. The molecule has 12 heteroatoms. The van der Waals surface area contributed by atoms with E-state index < -0.39 is 29.4 Å². The van der Waals surface area contributed by atoms with Crippen molar-refractivity contribution in [3.05, 3.63) is 71.5 Å². The smallest absolute Gasteiger partial charge is 0.414 e. The fourth-order valence-corrected chi connectivity index (χ4v) is 5.16. The Labute approximate surface area is 210 Å². The molecule has 0 radical (unpaired) electrons. The van der Waals surface area contributed by atoms with Crippen LogP contribution in [0.2, 0.25) is 0 Å². The van der Waals surface area contributed by atoms with Crippen LogP contribution in [0.4, 0.5) is 19.3 Å². The van der Waals surface area contributed by atoms with Gasteiger partial charge in [-0.15, -0.1) is 12.4 Å². The van der Waals surface area contributed by atoms with Crippen molar-refractivity contribution >= 4 is 24.2 Å². The van der Waals surface area contributed by atoms with Gasteiger partial charge in [-0.05, 0) is 23.4 Å². The van der Waals surface area contributed by atoms with Crippen molar-refractivity contribution in [2.24, 2.45) is 11.8 Å². The van der Waals surface area contributed by atoms with Gasteiger partial charge in [0.2, 0.25) is 0 Å². The highest BCUT2D eigenvalue weighted by atomic mass is 35.5. The lowest BCUT2D eigenvalue weighted by atomic mass is 10.0. The van der Waals surface area contributed by atoms with E-state index in [0.717, 1.165) is 30.1 Å². The van der Waals surface area contributed by atoms with Crippen LogP contribution < -0.4 is 15.0 Å². The molecule has 4 atom stereocenters. The van der Waals surface area contributed by atoms with Gasteiger partial charge in [-0.1, -0.05) is 6.07 Å². The maximum absolute atomic E-state index is 15.1. The number of benzene rings is 1. The number of ether oxygens (including phenoxy) is 2. The fraction of sp³-hybridized carbons (Fsp3) is 0.333. The minimum absolute atomic E-state index is 0. The van der Waals surface area contributed by atoms with Gasteiger partial charge in [-0.25, -0.2) is 20.1 Å². The first-order chi connectivity index (χ1) is 17.0. The van der Waals surface area contributed by atoms with Gasteiger partial charge in [0, 0.05) is 30.9 Å². The number of hydrogen-bond donors (Lipinski definition) is 1. The van der Waals surface area contributed by atoms with Crippen molar-refractivity contribution in [3.63, 3.8) is 0 Å². The van der Waals surface area contributed by atoms with E-state index in [1.54, 1.807) is 12.1 Å². The number of nitrogens with one attached hydrogen (secondary N) is 1. The predicted octanol–water partition coefficient (Wildman–Crippen LogP) is 3.80. The molecule has 3 aliphatic rings. The number of anilines is 1. The Bertz CT molecular complexity index is 1300. The Morgan fingerprint density at radius 1 is 1.22 bits per heavy atom. The second kappa shape index (κ2) is 9.04. The normalized spacial score (nSPS) is 26.1. The third-order valence-corrected chi connectivity index (χ3v) is 6.93. The van der Waals surface area contributed by atoms with Crippen LogP contribution in [-0.4, -0.2) is 48.6 Å². The van der Waals surface area contributed by atoms with E-state index in [1.165, 1.54) is 18.5 Å². The summed E-state index contributed by atoms with van der Waals surface area (Å²) in [5.74, 6) is -0.994. The summed E-state index contributed by atoms with van der Waals surface area (Å²) in [5, 5.41) is 6.86. The van der Waals surface area contributed by atoms with Crippen LogP contribution in [0.1, 0.15) is 5.69 Å². The number of hydrogen-bond acceptors (Lipinski definition) is 7. The molecule has 1 unspecified atom stereocenters. The van der Waals surface area contributed by atoms with Gasteiger partial charge in [-0.2, -0.15) is 0 Å². The maximum atomic E-state index is 15.1. The molecule has 4 heterocycles. The van der Waals surface area contributed by atoms with Gasteiger partial charge >= 0.3 is 6.09 Å². The van der Waals surface area contributed by atoms with Crippen molar-refractivity contribution in [2.75, 3.05) is 31.1 Å². The lowest BCUT2D eigenvalue weighted by Gasteiger charge is -2.15. The highest BCUT2D eigenvalue weighted by Gasteiger charge is 2.76. The number of rotatable bonds is 6. The number of aromatic nitrogens is 2. The molecule has 2 aliphatic heterocycles. The number of carbonyl (C=O) groups is 1. The average Bonchev–Trinajstić information content (AvgIpc) is 3.38. The first-order valence-electron chi connectivity index (χ1n) is 11.1. The van der Waals surface area contributed by atoms with Gasteiger partial charge in [0.05, 0.1) is 29.6 Å². The van der Waals surface area contributed by atoms with Gasteiger partial charge < -0.3 is 24.2 Å². The molecule has 3 fully saturated rings. The maximum Gasteiger partial charge on any atom is 0.414 e. The number of carbonyl (C=O) groups excluding carboxylic acids is 1. The molecule has 3 aromatic rings. The predicted molar refractivity (Wildman–Crippen MR) is 125 cm³/mol. The summed E-state index contributed by atoms with van der Waals surface area (Å²) < 4.78 is 45.4. The summed E-state index contributed by atoms with van der Waals surface area (Å²) in [6.07, 6.45) is 1.36. The Kier molecular flexibility index (Phi) is 6.02. The molecule has 9 nitrogen and oxygen atoms in total. The van der Waals surface area contributed by atoms with E-state index in [9.17, 15) is 4.79 Å². The molecule has 2 saturated heterocycles. The zero-order chi connectivity index (χ0) is 24.2. The summed E-state index contributed by atoms with van der Waals surface area (Å²) in [7, 11) is 0. The summed E-state index contributed by atoms with van der Waals surface area (Å²) in [6, 6.07) is 6.95. The van der Waals surface area contributed by atoms with Crippen LogP contribution in [0.3, 0.4) is 0 Å². The molecular formula is C24H20ClF2N5O4. The number of fused-ring (bicyclic) bond motifs is 1. The minimum atomic E-state index is -0.836. The van der Waals surface area contributed by atoms with Crippen LogP contribution in [0.5, 0.6) is 5.88 Å². The summed E-state index contributed by atoms with van der Waals surface area (Å²) in [5.41, 5.74) is 0.0221. The average molecular weight is 516 g/mol. The number of cyclic esters (lactones) is 1. The van der Waals surface area contributed by atoms with Gasteiger partial charge in [-0.3, -0.25) is 9.88 Å². The van der Waals surface area contributed by atoms with Gasteiger partial charge in [0.1, 0.15) is 30.2 Å². The Hall–Kier alpha value is -3.75. The van der Waals surface area contributed by atoms with Gasteiger partial charge in [0.15, 0.2) is 6.10 Å². The van der Waals surface area contributed by atoms with E-state index in [-0.39, 0.29) is 60.1 Å². The van der Waals surface area contributed by atoms with Crippen molar-refractivity contribution in [2.45, 2.75) is 11.6 Å². The fourth-order valence-electron chi connectivity index (χ4n) is 5.16. The molecule has 0 spiro atoms. The quantitative estimate of drug-likeness (QED) is 0.499. The topological polar surface area (TPSA) is 94.1 Å². The second-order valence-electron chi connectivity index (χ2n) is 8.79. The van der Waals surface area contributed by atoms with E-state index in [2.05, 4.69) is 24.8 Å². The van der Waals surface area contributed by atoms with E-state index in [0.29, 0.717) is 5.69 Å². The second-order valence-corrected chi connectivity index (χ2v) is 8.79. The number of halogens is 3. The van der Waals surface area contributed by atoms with Crippen LogP contribution in [-0.2, 0) is 10.3 Å². The number of nitrogens with zero attached hydrogens (tertiary/aromatic N) is 4. The summed E-state index contributed by atoms with van der Waals surface area (Å²) in [6.45, 7) is 9.28. The lowest BCUT2D eigenvalue weighted by molar-refractivity contribution is 0.102. The lowest BCUT2D eigenvalue weighted by Crippen LogP contribution is -2.27. The molecule has 1 N–H and O–H groups in total. The molecule has 0 bridgehead atoms. The van der Waals surface area contributed by atoms with Crippen LogP contribution in [0, 0.1) is 30.0 Å². The molecule has 2 aromatic heterocycles. The highest BCUT2D eigenvalue weighted by molar-refractivity contribution is 5.90. The third-order valence-electron chi connectivity index (χ3n) is 6.93. The largest absolute Gasteiger partial charge is 0.471 e. The third kappa shape index (κ3) is 3.73. The summed E-state index contributed by atoms with van der Waals surface area (Å²) in [4.78, 5) is 21.7. The van der Waals surface area contributed by atoms with Crippen molar-refractivity contribution in [1.29, 1.82) is 0 Å². The van der Waals surface area contributed by atoms with E-state index in [4.69, 9.17) is 16.0 Å². The van der Waals surface area contributed by atoms with Crippen molar-refractivity contribution in [3.8, 4) is 17.0 Å². The van der Waals surface area contributed by atoms with E-state index >= 15 is 8.78 Å². The Morgan fingerprint density at radius 3 is 2.58 bits per heavy atom. The van der Waals surface area contributed by atoms with E-state index in [1.807, 2.05) is 0 Å². The molecular weight excluding hydrogens is 496 g/mol. The first-order valence-corrected chi connectivity index (χ1v) is 11.1. The number of piperidine rings is 1. The monoisotopic (exact) mass is 515 g/mol. The molecule has 1 aromatic carbocycles. The van der Waals surface area contributed by atoms with Crippen LogP contribution in [0.25, 0.3) is 16.0 Å². The van der Waals surface area contributed by atoms with Crippen LogP contribution in [0.15, 0.2) is 47.3 Å². The molecule has 1 amide bonds.